The molecule has 1 saturated heterocycles. The third-order valence-electron chi connectivity index (χ3n) is 7.27. The summed E-state index contributed by atoms with van der Waals surface area (Å²) in [7, 11) is 0. The fraction of sp³-hybridized carbons (Fsp3) is 0.387. The van der Waals surface area contributed by atoms with Gasteiger partial charge in [0.15, 0.2) is 0 Å². The van der Waals surface area contributed by atoms with Crippen LogP contribution in [0.15, 0.2) is 72.8 Å². The number of rotatable bonds is 11. The molecule has 1 fully saturated rings. The van der Waals surface area contributed by atoms with Crippen LogP contribution in [0.25, 0.3) is 10.8 Å². The Morgan fingerprint density at radius 2 is 1.80 bits per heavy atom. The molecular formula is C31H38N4O4S. The summed E-state index contributed by atoms with van der Waals surface area (Å²) in [6.45, 7) is 1.17. The first-order chi connectivity index (χ1) is 19.5. The summed E-state index contributed by atoms with van der Waals surface area (Å²) < 4.78 is 0. The molecule has 0 bridgehead atoms. The molecule has 3 aromatic rings. The SMILES string of the molecule is NCCCC[C@@H]1CN([C@@H](Cc2ccccc2)C(=O)O)C(=O)CSC[C@H](NCc2cccc3ccccc23)C(=O)N1. The highest BCUT2D eigenvalue weighted by atomic mass is 32.2. The second-order valence-electron chi connectivity index (χ2n) is 10.2. The molecule has 0 spiro atoms. The van der Waals surface area contributed by atoms with E-state index in [1.807, 2.05) is 48.5 Å². The van der Waals surface area contributed by atoms with Crippen LogP contribution in [0.1, 0.15) is 30.4 Å². The van der Waals surface area contributed by atoms with Crippen LogP contribution in [0.3, 0.4) is 0 Å². The van der Waals surface area contributed by atoms with E-state index in [0.717, 1.165) is 34.7 Å². The first-order valence-electron chi connectivity index (χ1n) is 13.8. The van der Waals surface area contributed by atoms with Crippen molar-refractivity contribution in [3.8, 4) is 0 Å². The smallest absolute Gasteiger partial charge is 0.326 e. The number of nitrogens with one attached hydrogen (secondary N) is 2. The van der Waals surface area contributed by atoms with E-state index in [1.54, 1.807) is 0 Å². The maximum atomic E-state index is 13.5. The molecule has 212 valence electrons. The van der Waals surface area contributed by atoms with Crippen molar-refractivity contribution >= 4 is 40.3 Å². The molecule has 1 aliphatic rings. The van der Waals surface area contributed by atoms with Crippen molar-refractivity contribution in [2.75, 3.05) is 24.6 Å². The Bertz CT molecular complexity index is 1280. The second kappa shape index (κ2) is 14.8. The van der Waals surface area contributed by atoms with Crippen LogP contribution in [-0.2, 0) is 27.3 Å². The highest BCUT2D eigenvalue weighted by Gasteiger charge is 2.34. The van der Waals surface area contributed by atoms with E-state index in [2.05, 4.69) is 34.9 Å². The van der Waals surface area contributed by atoms with E-state index < -0.39 is 18.1 Å². The molecule has 1 heterocycles. The van der Waals surface area contributed by atoms with Gasteiger partial charge in [0.05, 0.1) is 11.8 Å². The van der Waals surface area contributed by atoms with Gasteiger partial charge in [0.1, 0.15) is 6.04 Å². The largest absolute Gasteiger partial charge is 0.480 e. The fourth-order valence-corrected chi connectivity index (χ4v) is 6.07. The van der Waals surface area contributed by atoms with Crippen molar-refractivity contribution in [1.82, 2.24) is 15.5 Å². The lowest BCUT2D eigenvalue weighted by molar-refractivity contribution is -0.149. The Morgan fingerprint density at radius 3 is 2.58 bits per heavy atom. The zero-order chi connectivity index (χ0) is 28.3. The Kier molecular flexibility index (Phi) is 11.0. The Balaban J connectivity index is 1.51. The molecule has 0 radical (unpaired) electrons. The van der Waals surface area contributed by atoms with Crippen molar-refractivity contribution < 1.29 is 19.5 Å². The van der Waals surface area contributed by atoms with E-state index in [1.165, 1.54) is 16.7 Å². The summed E-state index contributed by atoms with van der Waals surface area (Å²) in [5, 5.41) is 18.9. The lowest BCUT2D eigenvalue weighted by atomic mass is 10.0. The molecule has 2 amide bonds. The maximum absolute atomic E-state index is 13.5. The Hall–Kier alpha value is -3.40. The van der Waals surface area contributed by atoms with Crippen molar-refractivity contribution in [2.45, 2.75) is 50.4 Å². The zero-order valence-corrected chi connectivity index (χ0v) is 23.4. The monoisotopic (exact) mass is 562 g/mol. The summed E-state index contributed by atoms with van der Waals surface area (Å²) >= 11 is 1.35. The number of unbranched alkanes of at least 4 members (excludes halogenated alkanes) is 1. The molecule has 4 rings (SSSR count). The number of thioether (sulfide) groups is 1. The van der Waals surface area contributed by atoms with Gasteiger partial charge in [-0.2, -0.15) is 0 Å². The quantitative estimate of drug-likeness (QED) is 0.265. The second-order valence-corrected chi connectivity index (χ2v) is 11.2. The lowest BCUT2D eigenvalue weighted by Crippen LogP contribution is -2.57. The minimum Gasteiger partial charge on any atom is -0.480 e. The number of hydrogen-bond acceptors (Lipinski definition) is 6. The number of carbonyl (C=O) groups is 3. The van der Waals surface area contributed by atoms with Crippen molar-refractivity contribution in [3.63, 3.8) is 0 Å². The normalized spacial score (nSPS) is 19.3. The zero-order valence-electron chi connectivity index (χ0n) is 22.6. The highest BCUT2D eigenvalue weighted by molar-refractivity contribution is 8.00. The van der Waals surface area contributed by atoms with Crippen molar-refractivity contribution in [3.05, 3.63) is 83.9 Å². The number of carboxylic acid groups (broad SMARTS) is 1. The first-order valence-corrected chi connectivity index (χ1v) is 15.0. The summed E-state index contributed by atoms with van der Waals surface area (Å²) in [4.78, 5) is 40.8. The molecular weight excluding hydrogens is 524 g/mol. The van der Waals surface area contributed by atoms with Crippen LogP contribution in [0.4, 0.5) is 0 Å². The molecule has 9 heteroatoms. The van der Waals surface area contributed by atoms with Crippen LogP contribution < -0.4 is 16.4 Å². The van der Waals surface area contributed by atoms with Gasteiger partial charge in [0, 0.05) is 31.3 Å². The highest BCUT2D eigenvalue weighted by Crippen LogP contribution is 2.20. The molecule has 8 nitrogen and oxygen atoms in total. The molecule has 0 saturated carbocycles. The summed E-state index contributed by atoms with van der Waals surface area (Å²) in [6.07, 6.45) is 2.35. The van der Waals surface area contributed by atoms with Gasteiger partial charge in [-0.1, -0.05) is 79.2 Å². The minimum atomic E-state index is -1.05. The molecule has 0 aromatic heterocycles. The average Bonchev–Trinajstić information content (AvgIpc) is 2.96. The third kappa shape index (κ3) is 8.06. The number of hydrogen-bond donors (Lipinski definition) is 4. The van der Waals surface area contributed by atoms with Crippen molar-refractivity contribution in [2.24, 2.45) is 5.73 Å². The van der Waals surface area contributed by atoms with Crippen LogP contribution in [0.2, 0.25) is 0 Å². The minimum absolute atomic E-state index is 0.105. The van der Waals surface area contributed by atoms with Gasteiger partial charge in [-0.15, -0.1) is 11.8 Å². The van der Waals surface area contributed by atoms with E-state index >= 15 is 0 Å². The summed E-state index contributed by atoms with van der Waals surface area (Å²) in [5.74, 6) is -0.938. The van der Waals surface area contributed by atoms with E-state index in [4.69, 9.17) is 5.73 Å². The maximum Gasteiger partial charge on any atom is 0.326 e. The number of carbonyl (C=O) groups excluding carboxylic acids is 2. The van der Waals surface area contributed by atoms with Gasteiger partial charge in [0.25, 0.3) is 0 Å². The number of fused-ring (bicyclic) bond motifs is 1. The van der Waals surface area contributed by atoms with Crippen LogP contribution in [-0.4, -0.2) is 70.5 Å². The Labute approximate surface area is 239 Å². The number of carboxylic acids is 1. The van der Waals surface area contributed by atoms with Gasteiger partial charge < -0.3 is 26.4 Å². The van der Waals surface area contributed by atoms with Gasteiger partial charge in [-0.3, -0.25) is 9.59 Å². The number of amides is 2. The molecule has 3 atom stereocenters. The Morgan fingerprint density at radius 1 is 1.05 bits per heavy atom. The molecule has 1 aliphatic heterocycles. The molecule has 3 aromatic carbocycles. The van der Waals surface area contributed by atoms with E-state index in [9.17, 15) is 19.5 Å². The molecule has 40 heavy (non-hydrogen) atoms. The van der Waals surface area contributed by atoms with Gasteiger partial charge in [0.2, 0.25) is 11.8 Å². The van der Waals surface area contributed by atoms with Crippen molar-refractivity contribution in [1.29, 1.82) is 0 Å². The number of benzene rings is 3. The van der Waals surface area contributed by atoms with Crippen LogP contribution in [0, 0.1) is 0 Å². The number of aliphatic carboxylic acids is 1. The van der Waals surface area contributed by atoms with Crippen LogP contribution in [0.5, 0.6) is 0 Å². The third-order valence-corrected chi connectivity index (χ3v) is 8.29. The molecule has 0 aliphatic carbocycles. The van der Waals surface area contributed by atoms with E-state index in [-0.39, 0.29) is 36.6 Å². The standard InChI is InChI=1S/C31H38N4O4S/c32-16-7-6-14-25-19-35(28(31(38)39)17-22-9-2-1-3-10-22)29(36)21-40-20-27(30(37)34-25)33-18-24-13-8-12-23-11-4-5-15-26(23)24/h1-5,8-13,15,25,27-28,33H,6-7,14,16-21,32H2,(H,34,37)(H,38,39)/t25-,27+,28+/m1/s1. The molecule has 5 N–H and O–H groups in total. The molecule has 0 unspecified atom stereocenters. The van der Waals surface area contributed by atoms with Gasteiger partial charge in [-0.05, 0) is 41.3 Å². The first kappa shape index (κ1) is 29.6. The average molecular weight is 563 g/mol. The topological polar surface area (TPSA) is 125 Å². The lowest BCUT2D eigenvalue weighted by Gasteiger charge is -2.35. The van der Waals surface area contributed by atoms with Crippen LogP contribution >= 0.6 is 11.8 Å². The van der Waals surface area contributed by atoms with Gasteiger partial charge in [-0.25, -0.2) is 4.79 Å². The fourth-order valence-electron chi connectivity index (χ4n) is 5.11. The summed E-state index contributed by atoms with van der Waals surface area (Å²) in [5.41, 5.74) is 7.65. The summed E-state index contributed by atoms with van der Waals surface area (Å²) in [6, 6.07) is 21.7. The number of nitrogens with zero attached hydrogens (tertiary/aromatic N) is 1. The predicted molar refractivity (Wildman–Crippen MR) is 160 cm³/mol. The van der Waals surface area contributed by atoms with Gasteiger partial charge >= 0.3 is 5.97 Å². The van der Waals surface area contributed by atoms with E-state index in [0.29, 0.717) is 25.3 Å². The number of nitrogens with two attached hydrogens (primary N) is 1. The predicted octanol–water partition coefficient (Wildman–Crippen LogP) is 3.18.